The molecule has 2 atom stereocenters. The standard InChI is InChI=1S/C18H18FN3O5S/c1-9-4-21(5-10(2)26-9)15-11(7-23)3-13-16(14(15)19)27-20-17(13)22-6-12(8-24)28-18(22)25/h3,6-7,9-10,24H,4-5,8H2,1-2H3/t9-,10-/m1/s1. The summed E-state index contributed by atoms with van der Waals surface area (Å²) in [5.41, 5.74) is 0.147. The lowest BCUT2D eigenvalue weighted by Crippen LogP contribution is -2.46. The summed E-state index contributed by atoms with van der Waals surface area (Å²) in [6.45, 7) is 4.33. The molecular formula is C18H18FN3O5S. The van der Waals surface area contributed by atoms with Crippen molar-refractivity contribution in [3.8, 4) is 5.82 Å². The van der Waals surface area contributed by atoms with Crippen LogP contribution < -0.4 is 9.77 Å². The Balaban J connectivity index is 1.89. The zero-order valence-electron chi connectivity index (χ0n) is 15.2. The number of aliphatic hydroxyl groups excluding tert-OH is 1. The summed E-state index contributed by atoms with van der Waals surface area (Å²) in [5.74, 6) is -0.626. The number of carbonyl (C=O) groups excluding carboxylic acids is 1. The van der Waals surface area contributed by atoms with Crippen LogP contribution in [-0.4, -0.2) is 46.4 Å². The molecule has 2 aromatic heterocycles. The van der Waals surface area contributed by atoms with Gasteiger partial charge in [0.05, 0.1) is 34.8 Å². The first-order valence-electron chi connectivity index (χ1n) is 8.73. The Morgan fingerprint density at radius 1 is 1.39 bits per heavy atom. The molecule has 0 amide bonds. The Kier molecular flexibility index (Phi) is 4.77. The van der Waals surface area contributed by atoms with Crippen molar-refractivity contribution in [3.05, 3.63) is 38.2 Å². The Labute approximate surface area is 162 Å². The van der Waals surface area contributed by atoms with Gasteiger partial charge in [0.25, 0.3) is 0 Å². The highest BCUT2D eigenvalue weighted by atomic mass is 32.1. The third kappa shape index (κ3) is 3.03. The number of benzene rings is 1. The van der Waals surface area contributed by atoms with E-state index >= 15 is 4.39 Å². The van der Waals surface area contributed by atoms with Crippen LogP contribution in [0.4, 0.5) is 10.1 Å². The molecule has 1 N–H and O–H groups in total. The van der Waals surface area contributed by atoms with Gasteiger partial charge < -0.3 is 19.3 Å². The van der Waals surface area contributed by atoms with Crippen LogP contribution in [0, 0.1) is 5.82 Å². The summed E-state index contributed by atoms with van der Waals surface area (Å²) in [6, 6.07) is 1.47. The molecule has 1 fully saturated rings. The molecule has 0 bridgehead atoms. The van der Waals surface area contributed by atoms with E-state index in [0.29, 0.717) is 24.3 Å². The number of ether oxygens (including phenoxy) is 1. The van der Waals surface area contributed by atoms with E-state index in [4.69, 9.17) is 9.26 Å². The van der Waals surface area contributed by atoms with E-state index in [1.165, 1.54) is 16.8 Å². The Hall–Kier alpha value is -2.56. The molecule has 1 aliphatic heterocycles. The SMILES string of the molecule is C[C@@H]1CN(c2c(C=O)cc3c(-n4cc(CO)sc4=O)noc3c2F)C[C@@H](C)O1. The Bertz CT molecular complexity index is 1090. The van der Waals surface area contributed by atoms with E-state index < -0.39 is 10.7 Å². The van der Waals surface area contributed by atoms with Crippen molar-refractivity contribution >= 4 is 34.3 Å². The van der Waals surface area contributed by atoms with Gasteiger partial charge >= 0.3 is 4.87 Å². The number of thiazole rings is 1. The molecule has 4 rings (SSSR count). The molecule has 28 heavy (non-hydrogen) atoms. The fourth-order valence-corrected chi connectivity index (χ4v) is 4.27. The normalized spacial score (nSPS) is 20.1. The summed E-state index contributed by atoms with van der Waals surface area (Å²) in [7, 11) is 0. The van der Waals surface area contributed by atoms with Gasteiger partial charge in [-0.1, -0.05) is 16.5 Å². The largest absolute Gasteiger partial charge is 0.391 e. The number of anilines is 1. The molecule has 0 aliphatic carbocycles. The molecule has 3 aromatic rings. The van der Waals surface area contributed by atoms with Crippen molar-refractivity contribution in [1.82, 2.24) is 9.72 Å². The van der Waals surface area contributed by atoms with Crippen molar-refractivity contribution in [2.24, 2.45) is 0 Å². The molecule has 0 saturated carbocycles. The number of hydrogen-bond acceptors (Lipinski definition) is 8. The van der Waals surface area contributed by atoms with Gasteiger partial charge in [-0.3, -0.25) is 14.2 Å². The summed E-state index contributed by atoms with van der Waals surface area (Å²) in [4.78, 5) is 25.7. The van der Waals surface area contributed by atoms with Crippen LogP contribution >= 0.6 is 11.3 Å². The first-order chi connectivity index (χ1) is 13.4. The summed E-state index contributed by atoms with van der Waals surface area (Å²) in [5, 5.41) is 13.3. The van der Waals surface area contributed by atoms with E-state index in [0.717, 1.165) is 11.3 Å². The van der Waals surface area contributed by atoms with Gasteiger partial charge in [-0.25, -0.2) is 4.39 Å². The zero-order valence-corrected chi connectivity index (χ0v) is 16.0. The molecule has 3 heterocycles. The highest BCUT2D eigenvalue weighted by molar-refractivity contribution is 7.09. The minimum absolute atomic E-state index is 0.0770. The van der Waals surface area contributed by atoms with Crippen LogP contribution in [0.1, 0.15) is 29.1 Å². The van der Waals surface area contributed by atoms with Crippen molar-refractivity contribution in [2.45, 2.75) is 32.7 Å². The third-order valence-corrected chi connectivity index (χ3v) is 5.49. The first kappa shape index (κ1) is 18.8. The Morgan fingerprint density at radius 3 is 2.71 bits per heavy atom. The maximum atomic E-state index is 15.4. The first-order valence-corrected chi connectivity index (χ1v) is 9.54. The van der Waals surface area contributed by atoms with Crippen LogP contribution in [0.5, 0.6) is 0 Å². The maximum Gasteiger partial charge on any atom is 0.313 e. The average Bonchev–Trinajstić information content (AvgIpc) is 3.23. The van der Waals surface area contributed by atoms with E-state index in [1.54, 1.807) is 4.90 Å². The number of carbonyl (C=O) groups is 1. The summed E-state index contributed by atoms with van der Waals surface area (Å²) in [6.07, 6.45) is 1.76. The van der Waals surface area contributed by atoms with E-state index in [9.17, 15) is 14.7 Å². The van der Waals surface area contributed by atoms with Gasteiger partial charge in [0.1, 0.15) is 0 Å². The topological polar surface area (TPSA) is 97.8 Å². The van der Waals surface area contributed by atoms with Gasteiger partial charge in [-0.15, -0.1) is 0 Å². The van der Waals surface area contributed by atoms with Crippen LogP contribution in [-0.2, 0) is 11.3 Å². The average molecular weight is 407 g/mol. The molecule has 0 unspecified atom stereocenters. The van der Waals surface area contributed by atoms with Gasteiger partial charge in [0, 0.05) is 24.8 Å². The molecule has 0 spiro atoms. The van der Waals surface area contributed by atoms with Crippen molar-refractivity contribution < 1.29 is 23.6 Å². The number of aliphatic hydroxyl groups is 1. The number of morpholine rings is 1. The molecule has 0 radical (unpaired) electrons. The molecule has 8 nitrogen and oxygen atoms in total. The summed E-state index contributed by atoms with van der Waals surface area (Å²) >= 11 is 0.852. The van der Waals surface area contributed by atoms with Crippen molar-refractivity contribution in [3.63, 3.8) is 0 Å². The zero-order chi connectivity index (χ0) is 20.0. The van der Waals surface area contributed by atoms with Gasteiger partial charge in [-0.2, -0.15) is 0 Å². The van der Waals surface area contributed by atoms with Crippen molar-refractivity contribution in [1.29, 1.82) is 0 Å². The van der Waals surface area contributed by atoms with Crippen LogP contribution in [0.25, 0.3) is 16.8 Å². The maximum absolute atomic E-state index is 15.4. The van der Waals surface area contributed by atoms with Gasteiger partial charge in [-0.05, 0) is 19.9 Å². The van der Waals surface area contributed by atoms with Crippen LogP contribution in [0.2, 0.25) is 0 Å². The van der Waals surface area contributed by atoms with Crippen LogP contribution in [0.3, 0.4) is 0 Å². The molecule has 1 aliphatic rings. The molecule has 1 aromatic carbocycles. The lowest BCUT2D eigenvalue weighted by molar-refractivity contribution is -0.00543. The van der Waals surface area contributed by atoms with Crippen molar-refractivity contribution in [2.75, 3.05) is 18.0 Å². The highest BCUT2D eigenvalue weighted by Gasteiger charge is 2.29. The molecule has 148 valence electrons. The smallest absolute Gasteiger partial charge is 0.313 e. The monoisotopic (exact) mass is 407 g/mol. The molecule has 1 saturated heterocycles. The molecule has 10 heteroatoms. The number of halogens is 1. The second kappa shape index (κ2) is 7.12. The predicted octanol–water partition coefficient (Wildman–Crippen LogP) is 2.10. The minimum atomic E-state index is -0.703. The van der Waals surface area contributed by atoms with E-state index in [2.05, 4.69) is 5.16 Å². The summed E-state index contributed by atoms with van der Waals surface area (Å²) < 4.78 is 27.4. The predicted molar refractivity (Wildman–Crippen MR) is 101 cm³/mol. The fraction of sp³-hybridized carbons (Fsp3) is 0.389. The van der Waals surface area contributed by atoms with Crippen LogP contribution in [0.15, 0.2) is 21.6 Å². The number of hydrogen-bond donors (Lipinski definition) is 1. The highest BCUT2D eigenvalue weighted by Crippen LogP contribution is 2.35. The number of aromatic nitrogens is 2. The molecular weight excluding hydrogens is 389 g/mol. The number of rotatable bonds is 4. The van der Waals surface area contributed by atoms with E-state index in [-0.39, 0.29) is 46.9 Å². The lowest BCUT2D eigenvalue weighted by atomic mass is 10.1. The quantitative estimate of drug-likeness (QED) is 0.662. The lowest BCUT2D eigenvalue weighted by Gasteiger charge is -2.37. The Morgan fingerprint density at radius 2 is 2.11 bits per heavy atom. The second-order valence-electron chi connectivity index (χ2n) is 6.78. The van der Waals surface area contributed by atoms with Gasteiger partial charge in [0.2, 0.25) is 5.58 Å². The number of fused-ring (bicyclic) bond motifs is 1. The number of nitrogens with zero attached hydrogens (tertiary/aromatic N) is 3. The third-order valence-electron chi connectivity index (χ3n) is 4.62. The number of aldehydes is 1. The van der Waals surface area contributed by atoms with Gasteiger partial charge in [0.15, 0.2) is 17.9 Å². The fourth-order valence-electron chi connectivity index (χ4n) is 3.59. The minimum Gasteiger partial charge on any atom is -0.391 e. The second-order valence-corrected chi connectivity index (χ2v) is 7.86. The van der Waals surface area contributed by atoms with E-state index in [1.807, 2.05) is 13.8 Å².